The van der Waals surface area contributed by atoms with Gasteiger partial charge in [0.05, 0.1) is 6.61 Å². The van der Waals surface area contributed by atoms with E-state index in [9.17, 15) is 23.4 Å². The van der Waals surface area contributed by atoms with Gasteiger partial charge in [-0.1, -0.05) is 43.6 Å². The third-order valence-corrected chi connectivity index (χ3v) is 8.07. The summed E-state index contributed by atoms with van der Waals surface area (Å²) in [4.78, 5) is 12.0. The second-order valence-corrected chi connectivity index (χ2v) is 10.9. The van der Waals surface area contributed by atoms with Gasteiger partial charge >= 0.3 is 0 Å². The van der Waals surface area contributed by atoms with Crippen molar-refractivity contribution in [2.45, 2.75) is 82.6 Å². The molecule has 33 heavy (non-hydrogen) atoms. The number of aryl methyl sites for hydroxylation is 1. The van der Waals surface area contributed by atoms with E-state index in [0.29, 0.717) is 31.4 Å². The van der Waals surface area contributed by atoms with Crippen LogP contribution in [0.1, 0.15) is 76.3 Å². The van der Waals surface area contributed by atoms with Crippen molar-refractivity contribution in [3.8, 4) is 11.5 Å². The molecule has 1 heterocycles. The molecule has 3 unspecified atom stereocenters. The molecule has 3 rings (SSSR count). The summed E-state index contributed by atoms with van der Waals surface area (Å²) >= 11 is 0. The van der Waals surface area contributed by atoms with Gasteiger partial charge in [0.15, 0.2) is 0 Å². The highest BCUT2D eigenvalue weighted by Crippen LogP contribution is 2.49. The quantitative estimate of drug-likeness (QED) is 0.358. The lowest BCUT2D eigenvalue weighted by Crippen LogP contribution is -2.45. The summed E-state index contributed by atoms with van der Waals surface area (Å²) in [7, 11) is -4.39. The van der Waals surface area contributed by atoms with Crippen LogP contribution in [0.15, 0.2) is 34.8 Å². The maximum atomic E-state index is 13.3. The normalized spacial score (nSPS) is 22.9. The fourth-order valence-corrected chi connectivity index (χ4v) is 6.05. The van der Waals surface area contributed by atoms with Crippen molar-refractivity contribution in [2.75, 3.05) is 6.61 Å². The number of nitrogens with one attached hydrogen (secondary N) is 1. The topological polar surface area (TPSA) is 113 Å². The lowest BCUT2D eigenvalue weighted by molar-refractivity contribution is -0.142. The number of sulfonamides is 1. The first-order chi connectivity index (χ1) is 15.6. The first-order valence-corrected chi connectivity index (χ1v) is 13.1. The Kier molecular flexibility index (Phi) is 7.90. The third kappa shape index (κ3) is 5.44. The molecule has 0 radical (unpaired) electrons. The van der Waals surface area contributed by atoms with Crippen molar-refractivity contribution in [1.29, 1.82) is 0 Å². The van der Waals surface area contributed by atoms with Crippen molar-refractivity contribution in [3.05, 3.63) is 41.0 Å². The van der Waals surface area contributed by atoms with Crippen LogP contribution in [-0.2, 0) is 26.0 Å². The van der Waals surface area contributed by atoms with Crippen LogP contribution in [0, 0.1) is 5.92 Å². The fraction of sp³-hybridized carbons (Fsp3) is 0.560. The highest BCUT2D eigenvalue weighted by Gasteiger charge is 2.37. The second kappa shape index (κ2) is 10.3. The Balaban J connectivity index is 2.13. The van der Waals surface area contributed by atoms with E-state index in [4.69, 9.17) is 4.74 Å². The highest BCUT2D eigenvalue weighted by atomic mass is 32.2. The van der Waals surface area contributed by atoms with Crippen LogP contribution in [0.3, 0.4) is 0 Å². The van der Waals surface area contributed by atoms with Gasteiger partial charge in [-0.15, -0.1) is 0 Å². The lowest BCUT2D eigenvalue weighted by Gasteiger charge is -2.32. The van der Waals surface area contributed by atoms with Crippen LogP contribution in [0.25, 0.3) is 0 Å². The largest absolute Gasteiger partial charge is 0.507 e. The Morgan fingerprint density at radius 1 is 1.27 bits per heavy atom. The minimum absolute atomic E-state index is 0.0510. The average Bonchev–Trinajstić information content (AvgIpc) is 2.65. The summed E-state index contributed by atoms with van der Waals surface area (Å²) in [5.41, 5.74) is 2.45. The van der Waals surface area contributed by atoms with Gasteiger partial charge in [0.25, 0.3) is 15.9 Å². The van der Waals surface area contributed by atoms with Crippen LogP contribution in [0.2, 0.25) is 0 Å². The van der Waals surface area contributed by atoms with E-state index in [2.05, 4.69) is 11.3 Å². The minimum atomic E-state index is -4.39. The molecule has 1 aromatic carbocycles. The number of aromatic hydroxyl groups is 2. The van der Waals surface area contributed by atoms with Gasteiger partial charge < -0.3 is 14.9 Å². The molecule has 0 saturated carbocycles. The SMILES string of the molecule is C=C(C)C1CCC(C)=CC1c1c(O)cc(CCCCC)c(S(=O)(=O)NC(=O)C2CCO2)c1O. The van der Waals surface area contributed by atoms with Gasteiger partial charge in [-0.2, -0.15) is 0 Å². The van der Waals surface area contributed by atoms with Crippen molar-refractivity contribution in [2.24, 2.45) is 5.92 Å². The van der Waals surface area contributed by atoms with Crippen molar-refractivity contribution >= 4 is 15.9 Å². The number of carbonyl (C=O) groups is 1. The summed E-state index contributed by atoms with van der Waals surface area (Å²) in [6, 6.07) is 1.43. The number of rotatable bonds is 9. The average molecular weight is 478 g/mol. The summed E-state index contributed by atoms with van der Waals surface area (Å²) in [6.45, 7) is 10.4. The zero-order valence-corrected chi connectivity index (χ0v) is 20.5. The van der Waals surface area contributed by atoms with Crippen LogP contribution in [-0.4, -0.2) is 37.2 Å². The summed E-state index contributed by atoms with van der Waals surface area (Å²) < 4.78 is 33.8. The second-order valence-electron chi connectivity index (χ2n) is 9.25. The molecule has 1 aromatic rings. The van der Waals surface area contributed by atoms with Crippen molar-refractivity contribution in [1.82, 2.24) is 4.72 Å². The molecule has 0 aromatic heterocycles. The molecule has 1 amide bonds. The molecule has 7 nitrogen and oxygen atoms in total. The van der Waals surface area contributed by atoms with E-state index < -0.39 is 33.7 Å². The van der Waals surface area contributed by atoms with Crippen molar-refractivity contribution < 1.29 is 28.2 Å². The molecule has 2 aliphatic rings. The van der Waals surface area contributed by atoms with Gasteiger partial charge in [-0.25, -0.2) is 13.1 Å². The molecular formula is C25H35NO6S. The summed E-state index contributed by atoms with van der Waals surface area (Å²) in [5.74, 6) is -1.86. The molecule has 3 N–H and O–H groups in total. The number of benzene rings is 1. The number of hydrogen-bond donors (Lipinski definition) is 3. The Labute approximate surface area is 196 Å². The molecule has 1 fully saturated rings. The molecule has 3 atom stereocenters. The number of amides is 1. The lowest BCUT2D eigenvalue weighted by atomic mass is 9.73. The zero-order chi connectivity index (χ0) is 24.3. The smallest absolute Gasteiger partial charge is 0.268 e. The maximum Gasteiger partial charge on any atom is 0.268 e. The van der Waals surface area contributed by atoms with Crippen LogP contribution in [0.5, 0.6) is 11.5 Å². The predicted molar refractivity (Wildman–Crippen MR) is 127 cm³/mol. The van der Waals surface area contributed by atoms with E-state index in [0.717, 1.165) is 36.8 Å². The van der Waals surface area contributed by atoms with E-state index in [-0.39, 0.29) is 22.1 Å². The summed E-state index contributed by atoms with van der Waals surface area (Å²) in [5, 5.41) is 22.3. The molecule has 0 spiro atoms. The third-order valence-electron chi connectivity index (χ3n) is 6.61. The molecule has 1 saturated heterocycles. The van der Waals surface area contributed by atoms with Gasteiger partial charge in [-0.05, 0) is 57.1 Å². The molecule has 1 aliphatic carbocycles. The Bertz CT molecular complexity index is 1060. The first-order valence-electron chi connectivity index (χ1n) is 11.7. The van der Waals surface area contributed by atoms with Crippen LogP contribution in [0.4, 0.5) is 0 Å². The van der Waals surface area contributed by atoms with Gasteiger partial charge in [0.1, 0.15) is 22.5 Å². The Hall–Kier alpha value is -2.32. The summed E-state index contributed by atoms with van der Waals surface area (Å²) in [6.07, 6.45) is 6.10. The Morgan fingerprint density at radius 3 is 2.55 bits per heavy atom. The van der Waals surface area contributed by atoms with E-state index in [1.165, 1.54) is 6.07 Å². The number of phenols is 2. The predicted octanol–water partition coefficient (Wildman–Crippen LogP) is 4.44. The number of hydrogen-bond acceptors (Lipinski definition) is 6. The molecule has 8 heteroatoms. The van der Waals surface area contributed by atoms with E-state index in [1.807, 2.05) is 26.8 Å². The maximum absolute atomic E-state index is 13.3. The number of phenolic OH excluding ortho intramolecular Hbond substituents is 2. The van der Waals surface area contributed by atoms with Crippen molar-refractivity contribution in [3.63, 3.8) is 0 Å². The fourth-order valence-electron chi connectivity index (χ4n) is 4.68. The standard InChI is InChI=1S/C25H35NO6S/c1-5-6-7-8-17-14-20(27)22(19-13-16(4)9-10-18(19)15(2)3)23(28)24(17)33(30,31)26-25(29)21-11-12-32-21/h13-14,18-19,21,27-28H,2,5-12H2,1,3-4H3,(H,26,29). The van der Waals surface area contributed by atoms with Crippen LogP contribution >= 0.6 is 0 Å². The molecule has 1 aliphatic heterocycles. The first kappa shape index (κ1) is 25.3. The van der Waals surface area contributed by atoms with Gasteiger partial charge in [0.2, 0.25) is 0 Å². The van der Waals surface area contributed by atoms with E-state index in [1.54, 1.807) is 0 Å². The number of unbranched alkanes of at least 4 members (excludes halogenated alkanes) is 2. The number of carbonyl (C=O) groups excluding carboxylic acids is 1. The highest BCUT2D eigenvalue weighted by molar-refractivity contribution is 7.90. The molecule has 0 bridgehead atoms. The van der Waals surface area contributed by atoms with E-state index >= 15 is 0 Å². The molecular weight excluding hydrogens is 442 g/mol. The monoisotopic (exact) mass is 477 g/mol. The van der Waals surface area contributed by atoms with Crippen LogP contribution < -0.4 is 4.72 Å². The number of ether oxygens (including phenoxy) is 1. The number of allylic oxidation sites excluding steroid dienone is 3. The minimum Gasteiger partial charge on any atom is -0.507 e. The Morgan fingerprint density at radius 2 is 1.97 bits per heavy atom. The molecule has 182 valence electrons. The zero-order valence-electron chi connectivity index (χ0n) is 19.7. The van der Waals surface area contributed by atoms with Gasteiger partial charge in [0, 0.05) is 17.9 Å². The van der Waals surface area contributed by atoms with Gasteiger partial charge in [-0.3, -0.25) is 4.79 Å².